The Morgan fingerprint density at radius 1 is 1.56 bits per heavy atom. The maximum absolute atomic E-state index is 11.1. The first-order valence-corrected chi connectivity index (χ1v) is 5.65. The van der Waals surface area contributed by atoms with E-state index in [1.165, 1.54) is 0 Å². The summed E-state index contributed by atoms with van der Waals surface area (Å²) in [5, 5.41) is 3.77. The van der Waals surface area contributed by atoms with Gasteiger partial charge in [-0.05, 0) is 31.5 Å². The van der Waals surface area contributed by atoms with E-state index in [0.717, 1.165) is 5.56 Å². The summed E-state index contributed by atoms with van der Waals surface area (Å²) < 4.78 is 4.82. The average molecular weight is 242 g/mol. The molecule has 0 aromatic heterocycles. The van der Waals surface area contributed by atoms with Crippen molar-refractivity contribution in [3.8, 4) is 0 Å². The molecule has 0 bridgehead atoms. The predicted molar refractivity (Wildman–Crippen MR) is 64.5 cm³/mol. The van der Waals surface area contributed by atoms with Crippen LogP contribution in [0.3, 0.4) is 0 Å². The first-order chi connectivity index (χ1) is 7.63. The summed E-state index contributed by atoms with van der Waals surface area (Å²) in [7, 11) is 0. The van der Waals surface area contributed by atoms with Crippen LogP contribution in [0.25, 0.3) is 0 Å². The van der Waals surface area contributed by atoms with Gasteiger partial charge in [0.25, 0.3) is 0 Å². The molecule has 0 unspecified atom stereocenters. The van der Waals surface area contributed by atoms with Crippen LogP contribution in [0.5, 0.6) is 0 Å². The van der Waals surface area contributed by atoms with E-state index in [2.05, 4.69) is 5.32 Å². The molecular weight excluding hydrogens is 226 g/mol. The molecule has 0 aliphatic rings. The van der Waals surface area contributed by atoms with Gasteiger partial charge in [-0.2, -0.15) is 0 Å². The van der Waals surface area contributed by atoms with Crippen LogP contribution in [0, 0.1) is 0 Å². The molecule has 0 spiro atoms. The van der Waals surface area contributed by atoms with Gasteiger partial charge in [-0.25, -0.2) is 0 Å². The van der Waals surface area contributed by atoms with Crippen molar-refractivity contribution < 1.29 is 9.53 Å². The molecule has 0 heterocycles. The Balaban J connectivity index is 2.46. The molecule has 1 N–H and O–H groups in total. The minimum absolute atomic E-state index is 0.0723. The van der Waals surface area contributed by atoms with Crippen molar-refractivity contribution in [2.24, 2.45) is 0 Å². The Kier molecular flexibility index (Phi) is 5.29. The number of halogens is 1. The van der Waals surface area contributed by atoms with Gasteiger partial charge in [-0.3, -0.25) is 4.79 Å². The van der Waals surface area contributed by atoms with Crippen molar-refractivity contribution in [1.82, 2.24) is 5.32 Å². The molecule has 16 heavy (non-hydrogen) atoms. The van der Waals surface area contributed by atoms with Crippen molar-refractivity contribution in [3.63, 3.8) is 0 Å². The highest BCUT2D eigenvalue weighted by Crippen LogP contribution is 2.16. The second kappa shape index (κ2) is 6.51. The Morgan fingerprint density at radius 3 is 2.94 bits per heavy atom. The molecular formula is C12H16ClNO2. The predicted octanol–water partition coefficient (Wildman–Crippen LogP) is 2.55. The minimum atomic E-state index is -0.239. The molecule has 1 aromatic carbocycles. The molecule has 3 nitrogen and oxygen atoms in total. The molecule has 1 rings (SSSR count). The lowest BCUT2D eigenvalue weighted by Crippen LogP contribution is -2.27. The standard InChI is InChI=1S/C12H16ClNO2/c1-3-16-12(15)8-14-9(2)10-5-4-6-11(13)7-10/h4-7,9,14H,3,8H2,1-2H3/t9-/m1/s1. The quantitative estimate of drug-likeness (QED) is 0.806. The van der Waals surface area contributed by atoms with Crippen LogP contribution in [0.2, 0.25) is 5.02 Å². The second-order valence-electron chi connectivity index (χ2n) is 3.46. The number of carbonyl (C=O) groups is 1. The van der Waals surface area contributed by atoms with E-state index in [-0.39, 0.29) is 18.6 Å². The van der Waals surface area contributed by atoms with E-state index in [4.69, 9.17) is 16.3 Å². The van der Waals surface area contributed by atoms with Gasteiger partial charge in [0.1, 0.15) is 0 Å². The molecule has 0 saturated carbocycles. The Morgan fingerprint density at radius 2 is 2.31 bits per heavy atom. The third-order valence-corrected chi connectivity index (χ3v) is 2.44. The second-order valence-corrected chi connectivity index (χ2v) is 3.90. The highest BCUT2D eigenvalue weighted by molar-refractivity contribution is 6.30. The van der Waals surface area contributed by atoms with Crippen LogP contribution < -0.4 is 5.32 Å². The van der Waals surface area contributed by atoms with Crippen molar-refractivity contribution >= 4 is 17.6 Å². The highest BCUT2D eigenvalue weighted by Gasteiger charge is 2.08. The normalized spacial score (nSPS) is 12.2. The molecule has 4 heteroatoms. The number of benzene rings is 1. The third kappa shape index (κ3) is 4.21. The zero-order valence-corrected chi connectivity index (χ0v) is 10.3. The van der Waals surface area contributed by atoms with E-state index in [0.29, 0.717) is 11.6 Å². The van der Waals surface area contributed by atoms with Gasteiger partial charge < -0.3 is 10.1 Å². The fraction of sp³-hybridized carbons (Fsp3) is 0.417. The summed E-state index contributed by atoms with van der Waals surface area (Å²) in [6.45, 7) is 4.39. The molecule has 0 radical (unpaired) electrons. The first kappa shape index (κ1) is 13.0. The lowest BCUT2D eigenvalue weighted by Gasteiger charge is -2.13. The van der Waals surface area contributed by atoms with Crippen molar-refractivity contribution in [1.29, 1.82) is 0 Å². The molecule has 0 amide bonds. The zero-order chi connectivity index (χ0) is 12.0. The number of carbonyl (C=O) groups excluding carboxylic acids is 1. The monoisotopic (exact) mass is 241 g/mol. The summed E-state index contributed by atoms with van der Waals surface area (Å²) >= 11 is 5.88. The SMILES string of the molecule is CCOC(=O)CN[C@H](C)c1cccc(Cl)c1. The van der Waals surface area contributed by atoms with E-state index >= 15 is 0 Å². The Labute approximate surface area is 101 Å². The molecule has 88 valence electrons. The van der Waals surface area contributed by atoms with Crippen LogP contribution in [-0.4, -0.2) is 19.1 Å². The summed E-state index contributed by atoms with van der Waals surface area (Å²) in [6.07, 6.45) is 0. The number of ether oxygens (including phenoxy) is 1. The van der Waals surface area contributed by atoms with Crippen LogP contribution in [0.1, 0.15) is 25.5 Å². The van der Waals surface area contributed by atoms with Crippen LogP contribution in [-0.2, 0) is 9.53 Å². The average Bonchev–Trinajstić information content (AvgIpc) is 2.26. The summed E-state index contributed by atoms with van der Waals surface area (Å²) in [5.74, 6) is -0.239. The van der Waals surface area contributed by atoms with Gasteiger partial charge in [0.15, 0.2) is 0 Å². The van der Waals surface area contributed by atoms with Crippen molar-refractivity contribution in [3.05, 3.63) is 34.9 Å². The number of esters is 1. The topological polar surface area (TPSA) is 38.3 Å². The highest BCUT2D eigenvalue weighted by atomic mass is 35.5. The molecule has 0 aliphatic heterocycles. The van der Waals surface area contributed by atoms with Crippen molar-refractivity contribution in [2.45, 2.75) is 19.9 Å². The zero-order valence-electron chi connectivity index (χ0n) is 9.50. The molecule has 1 aromatic rings. The van der Waals surface area contributed by atoms with Gasteiger partial charge >= 0.3 is 5.97 Å². The van der Waals surface area contributed by atoms with Crippen LogP contribution in [0.15, 0.2) is 24.3 Å². The first-order valence-electron chi connectivity index (χ1n) is 5.28. The van der Waals surface area contributed by atoms with Gasteiger partial charge in [0, 0.05) is 11.1 Å². The molecule has 1 atom stereocenters. The Hall–Kier alpha value is -1.06. The third-order valence-electron chi connectivity index (χ3n) is 2.21. The molecule has 0 aliphatic carbocycles. The lowest BCUT2D eigenvalue weighted by atomic mass is 10.1. The lowest BCUT2D eigenvalue weighted by molar-refractivity contribution is -0.142. The Bertz CT molecular complexity index is 355. The van der Waals surface area contributed by atoms with E-state index < -0.39 is 0 Å². The summed E-state index contributed by atoms with van der Waals surface area (Å²) in [4.78, 5) is 11.1. The van der Waals surface area contributed by atoms with E-state index in [1.54, 1.807) is 6.92 Å². The van der Waals surface area contributed by atoms with E-state index in [9.17, 15) is 4.79 Å². The van der Waals surface area contributed by atoms with E-state index in [1.807, 2.05) is 31.2 Å². The van der Waals surface area contributed by atoms with Gasteiger partial charge in [0.05, 0.1) is 13.2 Å². The molecule has 0 fully saturated rings. The summed E-state index contributed by atoms with van der Waals surface area (Å²) in [6, 6.07) is 7.63. The van der Waals surface area contributed by atoms with Gasteiger partial charge in [-0.15, -0.1) is 0 Å². The maximum atomic E-state index is 11.1. The van der Waals surface area contributed by atoms with Gasteiger partial charge in [0.2, 0.25) is 0 Å². The minimum Gasteiger partial charge on any atom is -0.465 e. The summed E-state index contributed by atoms with van der Waals surface area (Å²) in [5.41, 5.74) is 1.05. The fourth-order valence-electron chi connectivity index (χ4n) is 1.34. The number of nitrogens with one attached hydrogen (secondary N) is 1. The van der Waals surface area contributed by atoms with Gasteiger partial charge in [-0.1, -0.05) is 23.7 Å². The molecule has 0 saturated heterocycles. The fourth-order valence-corrected chi connectivity index (χ4v) is 1.54. The largest absolute Gasteiger partial charge is 0.465 e. The van der Waals surface area contributed by atoms with Crippen LogP contribution in [0.4, 0.5) is 0 Å². The van der Waals surface area contributed by atoms with Crippen molar-refractivity contribution in [2.75, 3.05) is 13.2 Å². The van der Waals surface area contributed by atoms with Crippen LogP contribution >= 0.6 is 11.6 Å². The number of hydrogen-bond acceptors (Lipinski definition) is 3. The smallest absolute Gasteiger partial charge is 0.319 e. The number of hydrogen-bond donors (Lipinski definition) is 1. The number of rotatable bonds is 5. The maximum Gasteiger partial charge on any atom is 0.319 e.